The second kappa shape index (κ2) is 5.61. The van der Waals surface area contributed by atoms with E-state index in [1.807, 2.05) is 6.20 Å². The number of nitrogens with two attached hydrogens (primary N) is 1. The number of hydrogen-bond acceptors (Lipinski definition) is 3. The van der Waals surface area contributed by atoms with Crippen LogP contribution in [0, 0.1) is 5.92 Å². The van der Waals surface area contributed by atoms with Gasteiger partial charge in [-0.15, -0.1) is 0 Å². The molecule has 1 aliphatic rings. The summed E-state index contributed by atoms with van der Waals surface area (Å²) in [5.74, 6) is 0.744. The molecule has 1 saturated heterocycles. The van der Waals surface area contributed by atoms with E-state index >= 15 is 0 Å². The van der Waals surface area contributed by atoms with E-state index in [1.54, 1.807) is 0 Å². The van der Waals surface area contributed by atoms with Crippen LogP contribution < -0.4 is 5.73 Å². The third-order valence-corrected chi connectivity index (χ3v) is 3.66. The molecule has 0 aliphatic carbocycles. The van der Waals surface area contributed by atoms with E-state index < -0.39 is 0 Å². The van der Waals surface area contributed by atoms with Gasteiger partial charge in [0.2, 0.25) is 0 Å². The van der Waals surface area contributed by atoms with E-state index in [0.29, 0.717) is 6.54 Å². The minimum atomic E-state index is 0.529. The van der Waals surface area contributed by atoms with Gasteiger partial charge in [-0.25, -0.2) is 0 Å². The van der Waals surface area contributed by atoms with Gasteiger partial charge in [-0.3, -0.25) is 9.88 Å². The zero-order chi connectivity index (χ0) is 12.3. The number of likely N-dealkylation sites (tertiary alicyclic amines) is 1. The van der Waals surface area contributed by atoms with Crippen LogP contribution in [0.15, 0.2) is 18.3 Å². The Bertz CT molecular complexity index is 362. The van der Waals surface area contributed by atoms with Crippen molar-refractivity contribution in [1.29, 1.82) is 0 Å². The highest BCUT2D eigenvalue weighted by atomic mass is 15.2. The molecule has 3 heteroatoms. The van der Waals surface area contributed by atoms with E-state index in [4.69, 9.17) is 5.73 Å². The molecule has 3 nitrogen and oxygen atoms in total. The summed E-state index contributed by atoms with van der Waals surface area (Å²) < 4.78 is 0. The van der Waals surface area contributed by atoms with Crippen LogP contribution >= 0.6 is 0 Å². The van der Waals surface area contributed by atoms with Gasteiger partial charge in [0.1, 0.15) is 0 Å². The molecule has 1 atom stereocenters. The maximum Gasteiger partial charge on any atom is 0.0542 e. The van der Waals surface area contributed by atoms with Crippen molar-refractivity contribution in [3.63, 3.8) is 0 Å². The molecular weight excluding hydrogens is 210 g/mol. The topological polar surface area (TPSA) is 42.2 Å². The Morgan fingerprint density at radius 1 is 1.53 bits per heavy atom. The van der Waals surface area contributed by atoms with Gasteiger partial charge in [0.25, 0.3) is 0 Å². The average molecular weight is 233 g/mol. The number of rotatable bonds is 4. The maximum absolute atomic E-state index is 5.63. The molecular formula is C14H23N3. The van der Waals surface area contributed by atoms with E-state index in [-0.39, 0.29) is 0 Å². The van der Waals surface area contributed by atoms with E-state index in [1.165, 1.54) is 24.9 Å². The Labute approximate surface area is 104 Å². The Balaban J connectivity index is 2.04. The molecule has 2 rings (SSSR count). The first-order chi connectivity index (χ1) is 8.20. The molecule has 2 heterocycles. The standard InChI is InChI=1S/C14H23N3/c1-11(2)14-4-3-7-17(14)10-12-5-6-16-13(8-12)9-15/h5-6,8,11,14H,3-4,7,9-10,15H2,1-2H3. The summed E-state index contributed by atoms with van der Waals surface area (Å²) >= 11 is 0. The Morgan fingerprint density at radius 2 is 2.35 bits per heavy atom. The van der Waals surface area contributed by atoms with Crippen LogP contribution in [0.4, 0.5) is 0 Å². The molecule has 0 bridgehead atoms. The van der Waals surface area contributed by atoms with Crippen molar-refractivity contribution in [2.45, 2.75) is 45.8 Å². The van der Waals surface area contributed by atoms with Gasteiger partial charge in [0, 0.05) is 25.3 Å². The molecule has 1 aliphatic heterocycles. The number of nitrogens with zero attached hydrogens (tertiary/aromatic N) is 2. The fourth-order valence-electron chi connectivity index (χ4n) is 2.78. The predicted octanol–water partition coefficient (Wildman–Crippen LogP) is 2.16. The predicted molar refractivity (Wildman–Crippen MR) is 70.4 cm³/mol. The molecule has 2 N–H and O–H groups in total. The van der Waals surface area contributed by atoms with E-state index in [0.717, 1.165) is 24.2 Å². The monoisotopic (exact) mass is 233 g/mol. The molecule has 0 radical (unpaired) electrons. The average Bonchev–Trinajstić information content (AvgIpc) is 2.77. The van der Waals surface area contributed by atoms with Crippen LogP contribution in [-0.2, 0) is 13.1 Å². The first-order valence-corrected chi connectivity index (χ1v) is 6.58. The Kier molecular flexibility index (Phi) is 4.13. The fourth-order valence-corrected chi connectivity index (χ4v) is 2.78. The van der Waals surface area contributed by atoms with Gasteiger partial charge < -0.3 is 5.73 Å². The van der Waals surface area contributed by atoms with Crippen LogP contribution in [0.25, 0.3) is 0 Å². The summed E-state index contributed by atoms with van der Waals surface area (Å²) in [5.41, 5.74) is 7.96. The molecule has 1 fully saturated rings. The maximum atomic E-state index is 5.63. The molecule has 1 aromatic rings. The minimum absolute atomic E-state index is 0.529. The third-order valence-electron chi connectivity index (χ3n) is 3.66. The van der Waals surface area contributed by atoms with Crippen LogP contribution in [0.5, 0.6) is 0 Å². The largest absolute Gasteiger partial charge is 0.325 e. The van der Waals surface area contributed by atoms with Crippen LogP contribution in [-0.4, -0.2) is 22.5 Å². The van der Waals surface area contributed by atoms with Gasteiger partial charge in [-0.2, -0.15) is 0 Å². The molecule has 17 heavy (non-hydrogen) atoms. The Morgan fingerprint density at radius 3 is 3.06 bits per heavy atom. The first-order valence-electron chi connectivity index (χ1n) is 6.58. The second-order valence-corrected chi connectivity index (χ2v) is 5.28. The van der Waals surface area contributed by atoms with Crippen molar-refractivity contribution in [3.05, 3.63) is 29.6 Å². The van der Waals surface area contributed by atoms with Gasteiger partial charge in [0.15, 0.2) is 0 Å². The second-order valence-electron chi connectivity index (χ2n) is 5.28. The lowest BCUT2D eigenvalue weighted by atomic mass is 10.0. The first kappa shape index (κ1) is 12.5. The SMILES string of the molecule is CC(C)C1CCCN1Cc1ccnc(CN)c1. The molecule has 0 amide bonds. The van der Waals surface area contributed by atoms with E-state index in [9.17, 15) is 0 Å². The van der Waals surface area contributed by atoms with Crippen molar-refractivity contribution in [2.24, 2.45) is 11.7 Å². The zero-order valence-electron chi connectivity index (χ0n) is 10.9. The quantitative estimate of drug-likeness (QED) is 0.866. The zero-order valence-corrected chi connectivity index (χ0v) is 10.9. The lowest BCUT2D eigenvalue weighted by molar-refractivity contribution is 0.199. The van der Waals surface area contributed by atoms with Gasteiger partial charge >= 0.3 is 0 Å². The number of pyridine rings is 1. The third kappa shape index (κ3) is 3.05. The minimum Gasteiger partial charge on any atom is -0.325 e. The molecule has 0 saturated carbocycles. The van der Waals surface area contributed by atoms with Crippen LogP contribution in [0.1, 0.15) is 37.9 Å². The van der Waals surface area contributed by atoms with Crippen molar-refractivity contribution in [2.75, 3.05) is 6.54 Å². The number of hydrogen-bond donors (Lipinski definition) is 1. The smallest absolute Gasteiger partial charge is 0.0542 e. The van der Waals surface area contributed by atoms with Crippen molar-refractivity contribution in [3.8, 4) is 0 Å². The summed E-state index contributed by atoms with van der Waals surface area (Å²) in [6.07, 6.45) is 4.54. The summed E-state index contributed by atoms with van der Waals surface area (Å²) in [7, 11) is 0. The molecule has 0 spiro atoms. The Hall–Kier alpha value is -0.930. The van der Waals surface area contributed by atoms with Crippen LogP contribution in [0.3, 0.4) is 0 Å². The van der Waals surface area contributed by atoms with Crippen LogP contribution in [0.2, 0.25) is 0 Å². The summed E-state index contributed by atoms with van der Waals surface area (Å²) in [5, 5.41) is 0. The highest BCUT2D eigenvalue weighted by Gasteiger charge is 2.26. The molecule has 1 aromatic heterocycles. The van der Waals surface area contributed by atoms with Crippen molar-refractivity contribution >= 4 is 0 Å². The molecule has 94 valence electrons. The lowest BCUT2D eigenvalue weighted by Crippen LogP contribution is -2.32. The number of aromatic nitrogens is 1. The lowest BCUT2D eigenvalue weighted by Gasteiger charge is -2.27. The van der Waals surface area contributed by atoms with Gasteiger partial charge in [-0.05, 0) is 43.0 Å². The van der Waals surface area contributed by atoms with Crippen molar-refractivity contribution in [1.82, 2.24) is 9.88 Å². The van der Waals surface area contributed by atoms with E-state index in [2.05, 4.69) is 35.9 Å². The highest BCUT2D eigenvalue weighted by Crippen LogP contribution is 2.25. The summed E-state index contributed by atoms with van der Waals surface area (Å²) in [6, 6.07) is 4.98. The highest BCUT2D eigenvalue weighted by molar-refractivity contribution is 5.16. The van der Waals surface area contributed by atoms with Crippen molar-refractivity contribution < 1.29 is 0 Å². The fraction of sp³-hybridized carbons (Fsp3) is 0.643. The summed E-state index contributed by atoms with van der Waals surface area (Å²) in [6.45, 7) is 7.44. The van der Waals surface area contributed by atoms with Gasteiger partial charge in [-0.1, -0.05) is 13.8 Å². The molecule has 1 unspecified atom stereocenters. The normalized spacial score (nSPS) is 21.3. The van der Waals surface area contributed by atoms with Gasteiger partial charge in [0.05, 0.1) is 5.69 Å². The molecule has 0 aromatic carbocycles. The summed E-state index contributed by atoms with van der Waals surface area (Å²) in [4.78, 5) is 6.84.